The SMILES string of the molecule is CCNC(=NCCCCn1c(C)cccc1=O)N1CCN(c2cnn(C)c2)C(=O)C1. The number of hydrogen-bond donors (Lipinski definition) is 1. The van der Waals surface area contributed by atoms with Crippen LogP contribution >= 0.6 is 0 Å². The molecule has 1 aliphatic heterocycles. The lowest BCUT2D eigenvalue weighted by atomic mass is 10.2. The highest BCUT2D eigenvalue weighted by Crippen LogP contribution is 2.16. The van der Waals surface area contributed by atoms with Crippen molar-refractivity contribution < 1.29 is 4.79 Å². The number of aryl methyl sites for hydroxylation is 2. The van der Waals surface area contributed by atoms with Crippen LogP contribution in [-0.4, -0.2) is 63.8 Å². The standard InChI is InChI=1S/C21H31N7O2/c1-4-22-21(23-10-5-6-11-27-17(2)8-7-9-19(27)29)26-12-13-28(20(30)16-26)18-14-24-25(3)15-18/h7-9,14-15H,4-6,10-13,16H2,1-3H3,(H,22,23). The van der Waals surface area contributed by atoms with Crippen LogP contribution in [0.15, 0.2) is 40.4 Å². The summed E-state index contributed by atoms with van der Waals surface area (Å²) in [5.41, 5.74) is 1.84. The summed E-state index contributed by atoms with van der Waals surface area (Å²) in [5.74, 6) is 0.809. The summed E-state index contributed by atoms with van der Waals surface area (Å²) >= 11 is 0. The topological polar surface area (TPSA) is 87.8 Å². The molecule has 0 spiro atoms. The van der Waals surface area contributed by atoms with Crippen molar-refractivity contribution in [3.63, 3.8) is 0 Å². The normalized spacial score (nSPS) is 15.0. The van der Waals surface area contributed by atoms with E-state index in [1.165, 1.54) is 0 Å². The lowest BCUT2D eigenvalue weighted by molar-refractivity contribution is -0.120. The van der Waals surface area contributed by atoms with Gasteiger partial charge in [0.15, 0.2) is 5.96 Å². The minimum atomic E-state index is 0.0387. The molecule has 9 heteroatoms. The Balaban J connectivity index is 1.53. The summed E-state index contributed by atoms with van der Waals surface area (Å²) in [7, 11) is 1.84. The first-order valence-corrected chi connectivity index (χ1v) is 10.5. The molecule has 162 valence electrons. The number of rotatable bonds is 7. The van der Waals surface area contributed by atoms with Gasteiger partial charge in [0, 0.05) is 57.7 Å². The van der Waals surface area contributed by atoms with Crippen molar-refractivity contribution in [3.05, 3.63) is 46.6 Å². The smallest absolute Gasteiger partial charge is 0.250 e. The van der Waals surface area contributed by atoms with E-state index in [1.54, 1.807) is 32.5 Å². The number of nitrogens with zero attached hydrogens (tertiary/aromatic N) is 6. The first-order chi connectivity index (χ1) is 14.5. The van der Waals surface area contributed by atoms with Gasteiger partial charge in [-0.15, -0.1) is 0 Å². The van der Waals surface area contributed by atoms with Crippen LogP contribution in [0.4, 0.5) is 5.69 Å². The minimum absolute atomic E-state index is 0.0387. The zero-order chi connectivity index (χ0) is 21.5. The number of aromatic nitrogens is 3. The second-order valence-corrected chi connectivity index (χ2v) is 7.44. The molecule has 1 N–H and O–H groups in total. The second kappa shape index (κ2) is 10.1. The van der Waals surface area contributed by atoms with Crippen LogP contribution in [-0.2, 0) is 18.4 Å². The number of piperazine rings is 1. The predicted octanol–water partition coefficient (Wildman–Crippen LogP) is 0.985. The Morgan fingerprint density at radius 2 is 2.07 bits per heavy atom. The van der Waals surface area contributed by atoms with Crippen molar-refractivity contribution in [3.8, 4) is 0 Å². The summed E-state index contributed by atoms with van der Waals surface area (Å²) in [6.45, 7) is 7.67. The molecule has 3 rings (SSSR count). The Kier molecular flexibility index (Phi) is 7.26. The Labute approximate surface area is 177 Å². The molecule has 1 aliphatic rings. The van der Waals surface area contributed by atoms with E-state index in [0.717, 1.165) is 36.7 Å². The maximum atomic E-state index is 12.7. The first kappa shape index (κ1) is 21.6. The average Bonchev–Trinajstić information content (AvgIpc) is 3.14. The third kappa shape index (κ3) is 5.28. The van der Waals surface area contributed by atoms with Crippen LogP contribution in [0.2, 0.25) is 0 Å². The van der Waals surface area contributed by atoms with Crippen LogP contribution in [0.5, 0.6) is 0 Å². The number of carbonyl (C=O) groups excluding carboxylic acids is 1. The molecular weight excluding hydrogens is 382 g/mol. The van der Waals surface area contributed by atoms with Crippen molar-refractivity contribution in [2.24, 2.45) is 12.0 Å². The average molecular weight is 414 g/mol. The van der Waals surface area contributed by atoms with Crippen molar-refractivity contribution in [2.75, 3.05) is 37.6 Å². The Bertz CT molecular complexity index is 947. The van der Waals surface area contributed by atoms with E-state index in [-0.39, 0.29) is 11.5 Å². The van der Waals surface area contributed by atoms with Crippen LogP contribution in [0, 0.1) is 6.92 Å². The van der Waals surface area contributed by atoms with Crippen molar-refractivity contribution in [1.82, 2.24) is 24.6 Å². The van der Waals surface area contributed by atoms with Gasteiger partial charge in [-0.2, -0.15) is 5.10 Å². The van der Waals surface area contributed by atoms with Gasteiger partial charge in [0.25, 0.3) is 5.56 Å². The molecule has 9 nitrogen and oxygen atoms in total. The number of hydrogen-bond acceptors (Lipinski definition) is 4. The van der Waals surface area contributed by atoms with Gasteiger partial charge in [-0.1, -0.05) is 6.07 Å². The Morgan fingerprint density at radius 1 is 1.23 bits per heavy atom. The summed E-state index contributed by atoms with van der Waals surface area (Å²) in [5, 5.41) is 7.44. The molecule has 30 heavy (non-hydrogen) atoms. The lowest BCUT2D eigenvalue weighted by Gasteiger charge is -2.35. The molecule has 1 saturated heterocycles. The van der Waals surface area contributed by atoms with Gasteiger partial charge in [-0.05, 0) is 32.8 Å². The monoisotopic (exact) mass is 413 g/mol. The zero-order valence-corrected chi connectivity index (χ0v) is 18.0. The molecule has 0 atom stereocenters. The van der Waals surface area contributed by atoms with E-state index in [0.29, 0.717) is 32.7 Å². The molecule has 0 aromatic carbocycles. The number of aliphatic imine (C=N–C) groups is 1. The van der Waals surface area contributed by atoms with E-state index in [1.807, 2.05) is 38.1 Å². The van der Waals surface area contributed by atoms with E-state index in [2.05, 4.69) is 10.4 Å². The lowest BCUT2D eigenvalue weighted by Crippen LogP contribution is -2.55. The molecule has 3 heterocycles. The Hall–Kier alpha value is -3.10. The predicted molar refractivity (Wildman–Crippen MR) is 118 cm³/mol. The number of carbonyl (C=O) groups is 1. The fraction of sp³-hybridized carbons (Fsp3) is 0.524. The highest BCUT2D eigenvalue weighted by atomic mass is 16.2. The number of unbranched alkanes of at least 4 members (excludes halogenated alkanes) is 1. The number of nitrogens with one attached hydrogen (secondary N) is 1. The third-order valence-corrected chi connectivity index (χ3v) is 5.18. The fourth-order valence-electron chi connectivity index (χ4n) is 3.58. The summed E-state index contributed by atoms with van der Waals surface area (Å²) in [6.07, 6.45) is 5.32. The van der Waals surface area contributed by atoms with Crippen molar-refractivity contribution in [2.45, 2.75) is 33.2 Å². The molecule has 1 fully saturated rings. The van der Waals surface area contributed by atoms with E-state index < -0.39 is 0 Å². The van der Waals surface area contributed by atoms with Gasteiger partial charge in [0.1, 0.15) is 6.54 Å². The molecule has 2 aromatic rings. The van der Waals surface area contributed by atoms with Crippen molar-refractivity contribution >= 4 is 17.6 Å². The fourth-order valence-corrected chi connectivity index (χ4v) is 3.58. The molecule has 0 unspecified atom stereocenters. The number of guanidine groups is 1. The van der Waals surface area contributed by atoms with Gasteiger partial charge >= 0.3 is 0 Å². The van der Waals surface area contributed by atoms with Crippen LogP contribution in [0.1, 0.15) is 25.5 Å². The molecular formula is C21H31N7O2. The van der Waals surface area contributed by atoms with E-state index in [9.17, 15) is 9.59 Å². The van der Waals surface area contributed by atoms with Gasteiger partial charge in [-0.25, -0.2) is 0 Å². The van der Waals surface area contributed by atoms with Crippen LogP contribution < -0.4 is 15.8 Å². The summed E-state index contributed by atoms with van der Waals surface area (Å²) < 4.78 is 3.50. The molecule has 0 aliphatic carbocycles. The maximum Gasteiger partial charge on any atom is 0.250 e. The van der Waals surface area contributed by atoms with Crippen LogP contribution in [0.3, 0.4) is 0 Å². The van der Waals surface area contributed by atoms with E-state index in [4.69, 9.17) is 4.99 Å². The number of anilines is 1. The quantitative estimate of drug-likeness (QED) is 0.415. The highest BCUT2D eigenvalue weighted by molar-refractivity contribution is 5.98. The molecule has 2 aromatic heterocycles. The number of amides is 1. The van der Waals surface area contributed by atoms with E-state index >= 15 is 0 Å². The molecule has 0 saturated carbocycles. The van der Waals surface area contributed by atoms with Crippen molar-refractivity contribution in [1.29, 1.82) is 0 Å². The molecule has 0 bridgehead atoms. The van der Waals surface area contributed by atoms with Crippen LogP contribution in [0.25, 0.3) is 0 Å². The zero-order valence-electron chi connectivity index (χ0n) is 18.0. The summed E-state index contributed by atoms with van der Waals surface area (Å²) in [4.78, 5) is 33.1. The number of pyridine rings is 1. The molecule has 0 radical (unpaired) electrons. The Morgan fingerprint density at radius 3 is 2.73 bits per heavy atom. The maximum absolute atomic E-state index is 12.7. The molecule has 1 amide bonds. The van der Waals surface area contributed by atoms with Gasteiger partial charge in [0.05, 0.1) is 11.9 Å². The third-order valence-electron chi connectivity index (χ3n) is 5.18. The minimum Gasteiger partial charge on any atom is -0.357 e. The second-order valence-electron chi connectivity index (χ2n) is 7.44. The van der Waals surface area contributed by atoms with Gasteiger partial charge in [0.2, 0.25) is 5.91 Å². The highest BCUT2D eigenvalue weighted by Gasteiger charge is 2.27. The largest absolute Gasteiger partial charge is 0.357 e. The van der Waals surface area contributed by atoms with Gasteiger partial charge < -0.3 is 19.7 Å². The van der Waals surface area contributed by atoms with Gasteiger partial charge in [-0.3, -0.25) is 19.3 Å². The summed E-state index contributed by atoms with van der Waals surface area (Å²) in [6, 6.07) is 5.33. The first-order valence-electron chi connectivity index (χ1n) is 10.5.